The van der Waals surface area contributed by atoms with Crippen LogP contribution in [0.2, 0.25) is 0 Å². The monoisotopic (exact) mass is 402 g/mol. The van der Waals surface area contributed by atoms with E-state index < -0.39 is 5.41 Å². The minimum absolute atomic E-state index is 0.0527. The van der Waals surface area contributed by atoms with Crippen LogP contribution in [0.1, 0.15) is 16.7 Å². The van der Waals surface area contributed by atoms with Crippen LogP contribution in [0.15, 0.2) is 115 Å². The topological polar surface area (TPSA) is 26.3 Å². The molecule has 0 N–H and O–H groups in total. The zero-order valence-electron chi connectivity index (χ0n) is 17.3. The van der Waals surface area contributed by atoms with E-state index in [1.807, 2.05) is 78.9 Å². The first-order valence-corrected chi connectivity index (χ1v) is 10.4. The maximum absolute atomic E-state index is 13.7. The third kappa shape index (κ3) is 3.00. The molecule has 2 heteroatoms. The molecule has 2 nitrogen and oxygen atoms in total. The van der Waals surface area contributed by atoms with E-state index in [-0.39, 0.29) is 5.78 Å². The predicted octanol–water partition coefficient (Wildman–Crippen LogP) is 6.38. The van der Waals surface area contributed by atoms with Gasteiger partial charge in [-0.25, -0.2) is 0 Å². The number of allylic oxidation sites excluding steroid dienone is 8. The number of ketones is 1. The smallest absolute Gasteiger partial charge is 0.174 e. The lowest BCUT2D eigenvalue weighted by molar-refractivity contribution is -0.117. The van der Waals surface area contributed by atoms with Gasteiger partial charge in [0.2, 0.25) is 0 Å². The Balaban J connectivity index is 1.87. The Morgan fingerprint density at radius 3 is 2.06 bits per heavy atom. The molecule has 0 aromatic heterocycles. The number of ether oxygens (including phenoxy) is 1. The molecule has 5 rings (SSSR count). The summed E-state index contributed by atoms with van der Waals surface area (Å²) in [5, 5.41) is 0. The van der Waals surface area contributed by atoms with Crippen molar-refractivity contribution in [3.8, 4) is 5.75 Å². The van der Waals surface area contributed by atoms with Crippen LogP contribution in [-0.4, -0.2) is 12.9 Å². The summed E-state index contributed by atoms with van der Waals surface area (Å²) in [5.41, 5.74) is 5.14. The lowest BCUT2D eigenvalue weighted by atomic mass is 9.67. The predicted molar refractivity (Wildman–Crippen MR) is 126 cm³/mol. The zero-order valence-corrected chi connectivity index (χ0v) is 17.3. The second-order valence-electron chi connectivity index (χ2n) is 7.67. The molecule has 0 amide bonds. The Hall–Kier alpha value is -3.91. The van der Waals surface area contributed by atoms with Crippen molar-refractivity contribution in [2.75, 3.05) is 7.11 Å². The third-order valence-electron chi connectivity index (χ3n) is 6.02. The summed E-state index contributed by atoms with van der Waals surface area (Å²) in [7, 11) is 1.67. The van der Waals surface area contributed by atoms with Gasteiger partial charge in [-0.1, -0.05) is 97.1 Å². The van der Waals surface area contributed by atoms with Crippen molar-refractivity contribution in [1.29, 1.82) is 0 Å². The van der Waals surface area contributed by atoms with Gasteiger partial charge in [-0.05, 0) is 46.1 Å². The normalized spacial score (nSPS) is 19.8. The van der Waals surface area contributed by atoms with Gasteiger partial charge in [-0.15, -0.1) is 0 Å². The molecule has 2 aliphatic carbocycles. The van der Waals surface area contributed by atoms with Crippen molar-refractivity contribution in [3.05, 3.63) is 132 Å². The van der Waals surface area contributed by atoms with Crippen LogP contribution in [0.3, 0.4) is 0 Å². The lowest BCUT2D eigenvalue weighted by Crippen LogP contribution is -2.30. The van der Waals surface area contributed by atoms with Crippen molar-refractivity contribution < 1.29 is 9.53 Å². The molecule has 2 aliphatic rings. The summed E-state index contributed by atoms with van der Waals surface area (Å²) in [6, 6.07) is 28.4. The van der Waals surface area contributed by atoms with Crippen molar-refractivity contribution >= 4 is 22.5 Å². The molecule has 31 heavy (non-hydrogen) atoms. The van der Waals surface area contributed by atoms with Crippen LogP contribution >= 0.6 is 0 Å². The zero-order chi connectivity index (χ0) is 21.3. The van der Waals surface area contributed by atoms with Gasteiger partial charge in [0.05, 0.1) is 7.11 Å². The minimum Gasteiger partial charge on any atom is -0.496 e. The van der Waals surface area contributed by atoms with Crippen molar-refractivity contribution in [2.24, 2.45) is 5.41 Å². The second kappa shape index (κ2) is 7.73. The van der Waals surface area contributed by atoms with Gasteiger partial charge in [0, 0.05) is 5.56 Å². The largest absolute Gasteiger partial charge is 0.496 e. The minimum atomic E-state index is -0.907. The number of rotatable bonds is 4. The molecule has 150 valence electrons. The van der Waals surface area contributed by atoms with E-state index >= 15 is 0 Å². The van der Waals surface area contributed by atoms with Gasteiger partial charge < -0.3 is 4.74 Å². The Morgan fingerprint density at radius 1 is 0.742 bits per heavy atom. The van der Waals surface area contributed by atoms with Crippen LogP contribution in [0.5, 0.6) is 5.75 Å². The summed E-state index contributed by atoms with van der Waals surface area (Å²) in [4.78, 5) is 13.7. The Labute approximate surface area is 182 Å². The maximum atomic E-state index is 13.7. The fourth-order valence-corrected chi connectivity index (χ4v) is 4.65. The summed E-state index contributed by atoms with van der Waals surface area (Å²) in [6.07, 6.45) is 9.67. The van der Waals surface area contributed by atoms with Gasteiger partial charge in [0.25, 0.3) is 0 Å². The van der Waals surface area contributed by atoms with Crippen molar-refractivity contribution in [3.63, 3.8) is 0 Å². The third-order valence-corrected chi connectivity index (χ3v) is 6.02. The SMILES string of the molecule is COc1ccccc1C1=CC(c2ccccc2)=C(c2ccccc2)C12C=CC=CC2=O. The molecular weight excluding hydrogens is 380 g/mol. The fourth-order valence-electron chi connectivity index (χ4n) is 4.65. The molecule has 1 atom stereocenters. The highest BCUT2D eigenvalue weighted by molar-refractivity contribution is 6.26. The van der Waals surface area contributed by atoms with E-state index in [9.17, 15) is 4.79 Å². The fraction of sp³-hybridized carbons (Fsp3) is 0.0690. The number of para-hydroxylation sites is 1. The number of hydrogen-bond donors (Lipinski definition) is 0. The van der Waals surface area contributed by atoms with E-state index in [0.29, 0.717) is 0 Å². The van der Waals surface area contributed by atoms with Crippen LogP contribution in [0.4, 0.5) is 0 Å². The molecule has 1 spiro atoms. The molecule has 0 aliphatic heterocycles. The van der Waals surface area contributed by atoms with Crippen LogP contribution in [-0.2, 0) is 4.79 Å². The molecule has 0 fully saturated rings. The highest BCUT2D eigenvalue weighted by atomic mass is 16.5. The Morgan fingerprint density at radius 2 is 1.39 bits per heavy atom. The molecule has 0 saturated carbocycles. The van der Waals surface area contributed by atoms with E-state index in [1.165, 1.54) is 0 Å². The molecule has 3 aromatic rings. The highest BCUT2D eigenvalue weighted by Crippen LogP contribution is 2.58. The first kappa shape index (κ1) is 19.1. The molecule has 0 radical (unpaired) electrons. The van der Waals surface area contributed by atoms with E-state index in [1.54, 1.807) is 13.2 Å². The second-order valence-corrected chi connectivity index (χ2v) is 7.67. The van der Waals surface area contributed by atoms with Crippen molar-refractivity contribution in [2.45, 2.75) is 0 Å². The van der Waals surface area contributed by atoms with Crippen LogP contribution in [0.25, 0.3) is 16.7 Å². The van der Waals surface area contributed by atoms with Gasteiger partial charge in [-0.3, -0.25) is 4.79 Å². The van der Waals surface area contributed by atoms with E-state index in [2.05, 4.69) is 30.3 Å². The number of carbonyl (C=O) groups excluding carboxylic acids is 1. The summed E-state index contributed by atoms with van der Waals surface area (Å²) in [5.74, 6) is 0.808. The number of methoxy groups -OCH3 is 1. The molecule has 1 unspecified atom stereocenters. The van der Waals surface area contributed by atoms with Crippen LogP contribution in [0, 0.1) is 5.41 Å². The summed E-state index contributed by atoms with van der Waals surface area (Å²) < 4.78 is 5.70. The maximum Gasteiger partial charge on any atom is 0.174 e. The molecule has 0 heterocycles. The Kier molecular flexibility index (Phi) is 4.76. The summed E-state index contributed by atoms with van der Waals surface area (Å²) in [6.45, 7) is 0. The van der Waals surface area contributed by atoms with Crippen molar-refractivity contribution in [1.82, 2.24) is 0 Å². The summed E-state index contributed by atoms with van der Waals surface area (Å²) >= 11 is 0. The lowest BCUT2D eigenvalue weighted by Gasteiger charge is -2.33. The molecule has 3 aromatic carbocycles. The first-order chi connectivity index (χ1) is 15.3. The molecular formula is C29H22O2. The number of carbonyl (C=O) groups is 1. The first-order valence-electron chi connectivity index (χ1n) is 10.4. The average molecular weight is 402 g/mol. The van der Waals surface area contributed by atoms with Gasteiger partial charge in [-0.2, -0.15) is 0 Å². The van der Waals surface area contributed by atoms with Gasteiger partial charge >= 0.3 is 0 Å². The van der Waals surface area contributed by atoms with Gasteiger partial charge in [0.15, 0.2) is 5.78 Å². The standard InChI is InChI=1S/C29H22O2/c1-31-26-17-9-8-16-23(26)25-20-24(21-12-4-2-5-13-21)28(22-14-6-3-7-15-22)29(25)19-11-10-18-27(29)30/h2-20H,1H3. The van der Waals surface area contributed by atoms with E-state index in [0.717, 1.165) is 39.2 Å². The highest BCUT2D eigenvalue weighted by Gasteiger charge is 2.48. The molecule has 0 saturated heterocycles. The number of hydrogen-bond acceptors (Lipinski definition) is 2. The van der Waals surface area contributed by atoms with Gasteiger partial charge in [0.1, 0.15) is 11.2 Å². The molecule has 0 bridgehead atoms. The number of benzene rings is 3. The van der Waals surface area contributed by atoms with Crippen LogP contribution < -0.4 is 4.74 Å². The average Bonchev–Trinajstić information content (AvgIpc) is 3.17. The quantitative estimate of drug-likeness (QED) is 0.506. The Bertz CT molecular complexity index is 1260. The van der Waals surface area contributed by atoms with E-state index in [4.69, 9.17) is 4.74 Å².